The van der Waals surface area contributed by atoms with Crippen molar-refractivity contribution in [3.05, 3.63) is 337 Å². The fourth-order valence-corrected chi connectivity index (χ4v) is 17.2. The molecule has 0 spiro atoms. The molecule has 510 valence electrons. The Labute approximate surface area is 658 Å². The predicted molar refractivity (Wildman–Crippen MR) is 454 cm³/mol. The maximum absolute atomic E-state index is 8.46. The van der Waals surface area contributed by atoms with E-state index in [9.17, 15) is 0 Å². The van der Waals surface area contributed by atoms with Gasteiger partial charge in [0.25, 0.3) is 0 Å². The lowest BCUT2D eigenvalue weighted by molar-refractivity contribution is 1.11. The SMILES string of the molecule is C.[2H]c1c([2H])c(C)c([2H])c(-c2nc(C)cc(-c3cccc4c3sc3ccccc34)n2)c1[2H].[2H]c1c([2H])c([2H])c(-c2nc(C)cc(-c3ccc4c(c3)sc3ccccc34)n2)c([2H])c1[2H].[2H]c1c([2H])c([2H])c(-c2nc(C)cc(-c3ccc4sc5ccccc5c4c3)n2)c([2H])c1[2H].[2H]c1c([2H])c([2H])c(-c2nc(C)cc(-c3cccc4sc5ccccc5c34)n2)c([2H])c1[2H]. The van der Waals surface area contributed by atoms with Gasteiger partial charge in [-0.3, -0.25) is 0 Å². The molecule has 0 saturated heterocycles. The number of nitrogens with zero attached hydrogens (tertiary/aromatic N) is 8. The zero-order valence-corrected chi connectivity index (χ0v) is 60.0. The molecule has 0 saturated carbocycles. The van der Waals surface area contributed by atoms with Crippen LogP contribution >= 0.6 is 45.3 Å². The molecule has 0 amide bonds. The molecule has 0 radical (unpaired) electrons. The first-order valence-electron chi connectivity index (χ1n) is 42.8. The van der Waals surface area contributed by atoms with Crippen LogP contribution in [0.1, 0.15) is 61.8 Å². The molecule has 0 N–H and O–H groups in total. The van der Waals surface area contributed by atoms with Gasteiger partial charge in [-0.1, -0.05) is 243 Å². The lowest BCUT2D eigenvalue weighted by Gasteiger charge is -2.08. The summed E-state index contributed by atoms with van der Waals surface area (Å²) in [4.78, 5) is 36.3. The number of thiophene rings is 4. The molecular weight excluding hydrogens is 1370 g/mol. The molecule has 0 aliphatic heterocycles. The Morgan fingerprint density at radius 3 is 1.21 bits per heavy atom. The molecule has 0 unspecified atom stereocenters. The summed E-state index contributed by atoms with van der Waals surface area (Å²) in [6, 6.07) is 59.0. The van der Waals surface area contributed by atoms with Crippen LogP contribution in [-0.2, 0) is 0 Å². The Kier molecular flexibility index (Phi) is 14.0. The van der Waals surface area contributed by atoms with Crippen molar-refractivity contribution in [1.82, 2.24) is 39.9 Å². The van der Waals surface area contributed by atoms with Crippen LogP contribution < -0.4 is 0 Å². The number of benzene rings is 12. The van der Waals surface area contributed by atoms with Crippen LogP contribution in [0.3, 0.4) is 0 Å². The second-order valence-electron chi connectivity index (χ2n) is 24.5. The van der Waals surface area contributed by atoms with Gasteiger partial charge in [-0.15, -0.1) is 45.3 Å². The normalized spacial score (nSPS) is 13.7. The van der Waals surface area contributed by atoms with Crippen molar-refractivity contribution < 1.29 is 26.0 Å². The van der Waals surface area contributed by atoms with Gasteiger partial charge >= 0.3 is 0 Å². The minimum atomic E-state index is -0.430. The van der Waals surface area contributed by atoms with Gasteiger partial charge in [0.2, 0.25) is 0 Å². The van der Waals surface area contributed by atoms with Gasteiger partial charge in [-0.25, -0.2) is 39.9 Å². The Bertz CT molecular complexity index is 7730. The summed E-state index contributed by atoms with van der Waals surface area (Å²) in [5.74, 6) is 0.633. The first-order valence-corrected chi connectivity index (χ1v) is 36.6. The lowest BCUT2D eigenvalue weighted by atomic mass is 10.0. The van der Waals surface area contributed by atoms with E-state index in [1.165, 1.54) is 50.4 Å². The summed E-state index contributed by atoms with van der Waals surface area (Å²) >= 11 is 6.87. The molecule has 0 bridgehead atoms. The Morgan fingerprint density at radius 2 is 0.632 bits per heavy atom. The van der Waals surface area contributed by atoms with Crippen LogP contribution in [0, 0.1) is 34.6 Å². The van der Waals surface area contributed by atoms with E-state index in [0.29, 0.717) is 39.7 Å². The summed E-state index contributed by atoms with van der Waals surface area (Å²) in [6.07, 6.45) is 0. The highest BCUT2D eigenvalue weighted by Gasteiger charge is 2.18. The van der Waals surface area contributed by atoms with Gasteiger partial charge < -0.3 is 0 Å². The van der Waals surface area contributed by atoms with Crippen LogP contribution in [-0.4, -0.2) is 39.9 Å². The molecule has 12 heteroatoms. The van der Waals surface area contributed by atoms with Crippen molar-refractivity contribution in [3.8, 4) is 90.6 Å². The molecule has 8 heterocycles. The first kappa shape index (κ1) is 49.5. The topological polar surface area (TPSA) is 103 Å². The summed E-state index contributed by atoms with van der Waals surface area (Å²) in [6.45, 7) is 8.92. The first-order chi connectivity index (χ1) is 59.4. The molecule has 8 aromatic heterocycles. The summed E-state index contributed by atoms with van der Waals surface area (Å²) < 4.78 is 163. The fraction of sp³-hybridized carbons (Fsp3) is 0.0638. The average Bonchev–Trinajstić information content (AvgIpc) is 1.75. The summed E-state index contributed by atoms with van der Waals surface area (Å²) in [5, 5.41) is 9.32. The van der Waals surface area contributed by atoms with E-state index in [-0.39, 0.29) is 113 Å². The molecule has 0 fully saturated rings. The Balaban J connectivity index is 0.000000123. The number of rotatable bonds is 8. The lowest BCUT2D eigenvalue weighted by Crippen LogP contribution is -1.95. The molecule has 0 atom stereocenters. The van der Waals surface area contributed by atoms with E-state index >= 15 is 0 Å². The zero-order valence-electron chi connectivity index (χ0n) is 75.7. The monoisotopic (exact) mass is 1460 g/mol. The van der Waals surface area contributed by atoms with Crippen LogP contribution in [0.25, 0.3) is 171 Å². The Morgan fingerprint density at radius 1 is 0.255 bits per heavy atom. The highest BCUT2D eigenvalue weighted by molar-refractivity contribution is 7.27. The summed E-state index contributed by atoms with van der Waals surface area (Å²) in [7, 11) is 0. The predicted octanol–water partition coefficient (Wildman–Crippen LogP) is 26.9. The van der Waals surface area contributed by atoms with Crippen LogP contribution in [0.5, 0.6) is 0 Å². The zero-order chi connectivity index (χ0) is 87.4. The smallest absolute Gasteiger partial charge is 0.160 e. The fourth-order valence-electron chi connectivity index (χ4n) is 12.6. The van der Waals surface area contributed by atoms with E-state index in [1.54, 1.807) is 52.3 Å². The standard InChI is InChI=1S/C24H18N2S.3C23H16N2S.CH4/c1-15-7-5-8-17(13-15)24-25-16(2)14-21(26-24)20-11-6-10-19-18-9-3-4-12-22(18)27-23(19)20;1-15-14-19(25-23(24-15)16-8-3-2-4-9-16)17-11-7-13-21-22(17)18-10-5-6-12-20(18)26-21;1-15-13-20(25-23(24-15)16-7-3-2-4-8-16)17-11-12-22-19(14-17)18-9-5-6-10-21(18)26-22;1-15-13-20(25-23(24-15)16-7-3-2-4-8-16)17-11-12-19-18-9-5-6-10-21(18)26-22(19)14-17;/h3-14H,1-2H3;3*2-14H,1H3;1H4/i5D,7D,8D,13D;2D,3D,4D,8D,9D;2*2D,3D,4D,7D,8D;. The van der Waals surface area contributed by atoms with E-state index in [1.807, 2.05) is 137 Å². The van der Waals surface area contributed by atoms with Crippen LogP contribution in [0.2, 0.25) is 0 Å². The summed E-state index contributed by atoms with van der Waals surface area (Å²) in [5.41, 5.74) is 9.62. The third-order valence-corrected chi connectivity index (χ3v) is 21.9. The molecular formula is C94H70N8S4. The maximum atomic E-state index is 8.46. The highest BCUT2D eigenvalue weighted by Crippen LogP contribution is 2.43. The van der Waals surface area contributed by atoms with Crippen molar-refractivity contribution in [2.75, 3.05) is 0 Å². The van der Waals surface area contributed by atoms with Crippen molar-refractivity contribution in [2.45, 2.75) is 42.0 Å². The number of hydrogen-bond donors (Lipinski definition) is 0. The highest BCUT2D eigenvalue weighted by atomic mass is 32.1. The second kappa shape index (κ2) is 29.9. The third-order valence-electron chi connectivity index (χ3n) is 17.3. The largest absolute Gasteiger partial charge is 0.233 e. The van der Waals surface area contributed by atoms with E-state index in [2.05, 4.69) is 120 Å². The number of aromatic nitrogens is 8. The molecule has 0 aliphatic carbocycles. The number of hydrogen-bond acceptors (Lipinski definition) is 12. The minimum Gasteiger partial charge on any atom is -0.233 e. The molecule has 20 rings (SSSR count). The maximum Gasteiger partial charge on any atom is 0.160 e. The molecule has 0 aliphatic rings. The van der Waals surface area contributed by atoms with Crippen molar-refractivity contribution in [1.29, 1.82) is 0 Å². The van der Waals surface area contributed by atoms with E-state index in [4.69, 9.17) is 31.0 Å². The Hall–Kier alpha value is -12.2. The molecule has 20 aromatic rings. The molecule has 106 heavy (non-hydrogen) atoms. The van der Waals surface area contributed by atoms with Gasteiger partial charge in [0.05, 0.1) is 48.8 Å². The van der Waals surface area contributed by atoms with Gasteiger partial charge in [-0.05, 0) is 113 Å². The van der Waals surface area contributed by atoms with Crippen molar-refractivity contribution in [3.63, 3.8) is 0 Å². The molecule has 8 nitrogen and oxygen atoms in total. The minimum absolute atomic E-state index is 0. The number of fused-ring (bicyclic) bond motifs is 12. The van der Waals surface area contributed by atoms with Crippen LogP contribution in [0.15, 0.2) is 309 Å². The van der Waals surface area contributed by atoms with Gasteiger partial charge in [-0.2, -0.15) is 0 Å². The van der Waals surface area contributed by atoms with Gasteiger partial charge in [0.15, 0.2) is 23.3 Å². The van der Waals surface area contributed by atoms with Crippen LogP contribution in [0.4, 0.5) is 0 Å². The van der Waals surface area contributed by atoms with E-state index in [0.717, 1.165) is 63.9 Å². The van der Waals surface area contributed by atoms with Gasteiger partial charge in [0, 0.05) is 148 Å². The average molecular weight is 1460 g/mol. The van der Waals surface area contributed by atoms with Gasteiger partial charge in [0.1, 0.15) is 0 Å². The van der Waals surface area contributed by atoms with Crippen molar-refractivity contribution >= 4 is 126 Å². The van der Waals surface area contributed by atoms with Crippen molar-refractivity contribution in [2.24, 2.45) is 0 Å². The molecule has 12 aromatic carbocycles. The van der Waals surface area contributed by atoms with E-state index < -0.39 is 54.4 Å². The third kappa shape index (κ3) is 14.1. The second-order valence-corrected chi connectivity index (χ2v) is 28.9. The quantitative estimate of drug-likeness (QED) is 0.148. The number of aryl methyl sites for hydroxylation is 4.